The molecule has 1 unspecified atom stereocenters. The molecule has 7 rings (SSSR count). The summed E-state index contributed by atoms with van der Waals surface area (Å²) in [7, 11) is 0. The molecule has 10 heteroatoms. The van der Waals surface area contributed by atoms with E-state index >= 15 is 0 Å². The number of nitrogens with one attached hydrogen (secondary N) is 1. The lowest BCUT2D eigenvalue weighted by molar-refractivity contribution is -0.118. The van der Waals surface area contributed by atoms with Crippen molar-refractivity contribution in [2.24, 2.45) is 0 Å². The number of hydrogen-bond donors (Lipinski definition) is 1. The van der Waals surface area contributed by atoms with Crippen LogP contribution in [0.15, 0.2) is 83.6 Å². The molecule has 1 aliphatic heterocycles. The van der Waals surface area contributed by atoms with E-state index in [9.17, 15) is 4.79 Å². The first-order valence-electron chi connectivity index (χ1n) is 14.8. The number of fused-ring (bicyclic) bond motifs is 3. The minimum absolute atomic E-state index is 0.0382. The lowest BCUT2D eigenvalue weighted by Gasteiger charge is -2.37. The average molecular weight is 689 g/mol. The van der Waals surface area contributed by atoms with Crippen LogP contribution in [0.5, 0.6) is 5.75 Å². The third-order valence-electron chi connectivity index (χ3n) is 8.45. The number of carbonyl (C=O) groups excluding carboxylic acids is 1. The van der Waals surface area contributed by atoms with Crippen LogP contribution < -0.4 is 19.9 Å². The van der Waals surface area contributed by atoms with Crippen molar-refractivity contribution in [3.63, 3.8) is 0 Å². The fourth-order valence-electron chi connectivity index (χ4n) is 6.16. The molecule has 0 bridgehead atoms. The molecule has 7 nitrogen and oxygen atoms in total. The lowest BCUT2D eigenvalue weighted by Crippen LogP contribution is -2.47. The third kappa shape index (κ3) is 6.27. The zero-order chi connectivity index (χ0) is 30.0. The van der Waals surface area contributed by atoms with E-state index in [-0.39, 0.29) is 12.5 Å². The Balaban J connectivity index is 0.989. The molecule has 3 aromatic carbocycles. The van der Waals surface area contributed by atoms with Gasteiger partial charge in [0.25, 0.3) is 5.91 Å². The number of rotatable bonds is 7. The first kappa shape index (κ1) is 29.1. The first-order chi connectivity index (χ1) is 21.5. The summed E-state index contributed by atoms with van der Waals surface area (Å²) in [5, 5.41) is 4.87. The van der Waals surface area contributed by atoms with Crippen LogP contribution in [0, 0.1) is 0 Å². The van der Waals surface area contributed by atoms with Gasteiger partial charge in [0.2, 0.25) is 0 Å². The zero-order valence-corrected chi connectivity index (χ0v) is 27.2. The maximum Gasteiger partial charge on any atom is 0.262 e. The van der Waals surface area contributed by atoms with E-state index in [1.807, 2.05) is 59.9 Å². The van der Waals surface area contributed by atoms with Gasteiger partial charge >= 0.3 is 0 Å². The molecule has 0 spiro atoms. The van der Waals surface area contributed by atoms with E-state index in [4.69, 9.17) is 26.3 Å². The van der Waals surface area contributed by atoms with Gasteiger partial charge in [0, 0.05) is 51.9 Å². The molecule has 2 aromatic heterocycles. The van der Waals surface area contributed by atoms with E-state index in [1.165, 1.54) is 27.1 Å². The Bertz CT molecular complexity index is 1770. The summed E-state index contributed by atoms with van der Waals surface area (Å²) in [4.78, 5) is 29.2. The highest BCUT2D eigenvalue weighted by molar-refractivity contribution is 9.10. The summed E-state index contributed by atoms with van der Waals surface area (Å²) in [6.07, 6.45) is 4.81. The molecule has 1 amide bonds. The fourth-order valence-corrected chi connectivity index (χ4v) is 7.81. The van der Waals surface area contributed by atoms with Crippen LogP contribution in [-0.2, 0) is 17.6 Å². The Morgan fingerprint density at radius 2 is 1.68 bits per heavy atom. The zero-order valence-electron chi connectivity index (χ0n) is 24.0. The second kappa shape index (κ2) is 12.8. The lowest BCUT2D eigenvalue weighted by atomic mass is 9.83. The van der Waals surface area contributed by atoms with Gasteiger partial charge in [-0.2, -0.15) is 0 Å². The Kier molecular flexibility index (Phi) is 8.43. The number of aryl methyl sites for hydroxylation is 1. The molecule has 3 heterocycles. The molecule has 1 N–H and O–H groups in total. The largest absolute Gasteiger partial charge is 0.484 e. The van der Waals surface area contributed by atoms with Crippen molar-refractivity contribution in [3.05, 3.63) is 105 Å². The number of ether oxygens (including phenoxy) is 1. The van der Waals surface area contributed by atoms with Crippen LogP contribution in [0.25, 0.3) is 10.2 Å². The number of amides is 1. The minimum Gasteiger partial charge on any atom is -0.484 e. The third-order valence-corrected chi connectivity index (χ3v) is 10.4. The first-order valence-corrected chi connectivity index (χ1v) is 16.8. The molecule has 44 heavy (non-hydrogen) atoms. The summed E-state index contributed by atoms with van der Waals surface area (Å²) in [6, 6.07) is 23.8. The molecule has 224 valence electrons. The summed E-state index contributed by atoms with van der Waals surface area (Å²) in [5.41, 5.74) is 4.67. The molecule has 1 fully saturated rings. The smallest absolute Gasteiger partial charge is 0.262 e. The number of aromatic nitrogens is 2. The van der Waals surface area contributed by atoms with Crippen molar-refractivity contribution in [3.8, 4) is 5.75 Å². The predicted molar refractivity (Wildman–Crippen MR) is 183 cm³/mol. The minimum atomic E-state index is -0.188. The van der Waals surface area contributed by atoms with Gasteiger partial charge < -0.3 is 19.9 Å². The van der Waals surface area contributed by atoms with Crippen molar-refractivity contribution >= 4 is 72.2 Å². The molecule has 1 aliphatic carbocycles. The van der Waals surface area contributed by atoms with E-state index in [2.05, 4.69) is 55.3 Å². The number of benzene rings is 3. The number of anilines is 3. The van der Waals surface area contributed by atoms with Gasteiger partial charge in [-0.25, -0.2) is 9.97 Å². The monoisotopic (exact) mass is 687 g/mol. The Hall–Kier alpha value is -3.66. The Labute approximate surface area is 274 Å². The molecule has 0 radical (unpaired) electrons. The molecule has 0 saturated carbocycles. The van der Waals surface area contributed by atoms with Gasteiger partial charge in [0.15, 0.2) is 6.61 Å². The normalized spacial score (nSPS) is 16.5. The van der Waals surface area contributed by atoms with Crippen LogP contribution >= 0.6 is 38.9 Å². The van der Waals surface area contributed by atoms with Gasteiger partial charge in [-0.15, -0.1) is 11.3 Å². The maximum atomic E-state index is 12.3. The van der Waals surface area contributed by atoms with Crippen molar-refractivity contribution in [2.45, 2.75) is 25.2 Å². The van der Waals surface area contributed by atoms with Crippen LogP contribution in [0.4, 0.5) is 17.2 Å². The summed E-state index contributed by atoms with van der Waals surface area (Å²) >= 11 is 11.3. The fraction of sp³-hybridized carbons (Fsp3) is 0.265. The van der Waals surface area contributed by atoms with Crippen molar-refractivity contribution in [2.75, 3.05) is 47.9 Å². The van der Waals surface area contributed by atoms with Gasteiger partial charge in [-0.05, 0) is 97.0 Å². The highest BCUT2D eigenvalue weighted by Gasteiger charge is 2.28. The van der Waals surface area contributed by atoms with Crippen LogP contribution in [0.2, 0.25) is 5.02 Å². The van der Waals surface area contributed by atoms with E-state index in [1.54, 1.807) is 6.33 Å². The highest BCUT2D eigenvalue weighted by Crippen LogP contribution is 2.43. The summed E-state index contributed by atoms with van der Waals surface area (Å²) < 4.78 is 6.73. The Morgan fingerprint density at radius 1 is 0.955 bits per heavy atom. The highest BCUT2D eigenvalue weighted by atomic mass is 79.9. The summed E-state index contributed by atoms with van der Waals surface area (Å²) in [5.74, 6) is 2.01. The number of hydrogen-bond acceptors (Lipinski definition) is 7. The van der Waals surface area contributed by atoms with Crippen LogP contribution in [-0.4, -0.2) is 48.7 Å². The second-order valence-corrected chi connectivity index (χ2v) is 13.6. The van der Waals surface area contributed by atoms with E-state index in [0.717, 1.165) is 71.3 Å². The molecule has 1 saturated heterocycles. The topological polar surface area (TPSA) is 70.6 Å². The predicted octanol–water partition coefficient (Wildman–Crippen LogP) is 7.72. The average Bonchev–Trinajstić information content (AvgIpc) is 3.44. The molecule has 5 aromatic rings. The van der Waals surface area contributed by atoms with E-state index in [0.29, 0.717) is 11.7 Å². The van der Waals surface area contributed by atoms with Crippen molar-refractivity contribution in [1.82, 2.24) is 9.97 Å². The number of piperazine rings is 1. The number of carbonyl (C=O) groups is 1. The van der Waals surface area contributed by atoms with Crippen molar-refractivity contribution in [1.29, 1.82) is 0 Å². The van der Waals surface area contributed by atoms with Crippen LogP contribution in [0.1, 0.15) is 28.3 Å². The quantitative estimate of drug-likeness (QED) is 0.189. The number of nitrogens with zero attached hydrogens (tertiary/aromatic N) is 4. The Morgan fingerprint density at radius 3 is 2.43 bits per heavy atom. The summed E-state index contributed by atoms with van der Waals surface area (Å²) in [6.45, 7) is 3.68. The van der Waals surface area contributed by atoms with Gasteiger partial charge in [0.05, 0.1) is 5.39 Å². The van der Waals surface area contributed by atoms with Gasteiger partial charge in [-0.3, -0.25) is 4.79 Å². The SMILES string of the molecule is O=C(COc1ccc(C2CCc3c(sc4ncnc(N5CCN(c6ccc(Cl)cc6)CC5)c34)C2)cc1)Nc1ccc(Br)cc1. The molecule has 1 atom stereocenters. The molecular weight excluding hydrogens is 658 g/mol. The number of halogens is 2. The standard InChI is InChI=1S/C34H31BrClN5O2S/c35-24-4-8-26(9-5-24)39-31(42)20-43-28-12-1-22(2-13-28)23-3-14-29-30(19-23)44-34-32(29)33(37-21-38-34)41-17-15-40(16-18-41)27-10-6-25(36)7-11-27/h1-2,4-13,21,23H,3,14-20H2,(H,39,42). The van der Waals surface area contributed by atoms with Crippen LogP contribution in [0.3, 0.4) is 0 Å². The van der Waals surface area contributed by atoms with Crippen molar-refractivity contribution < 1.29 is 9.53 Å². The van der Waals surface area contributed by atoms with Gasteiger partial charge in [-0.1, -0.05) is 39.7 Å². The van der Waals surface area contributed by atoms with E-state index < -0.39 is 0 Å². The molecular formula is C34H31BrClN5O2S. The van der Waals surface area contributed by atoms with Gasteiger partial charge in [0.1, 0.15) is 22.7 Å². The molecule has 2 aliphatic rings. The second-order valence-electron chi connectivity index (χ2n) is 11.2. The number of thiophene rings is 1. The maximum absolute atomic E-state index is 12.3.